The maximum atomic E-state index is 12.9. The summed E-state index contributed by atoms with van der Waals surface area (Å²) < 4.78 is 12.5. The highest BCUT2D eigenvalue weighted by Crippen LogP contribution is 2.33. The number of ether oxygens (including phenoxy) is 2. The molecule has 29 heavy (non-hydrogen) atoms. The smallest absolute Gasteiger partial charge is 0.270 e. The van der Waals surface area contributed by atoms with E-state index in [1.165, 1.54) is 0 Å². The van der Waals surface area contributed by atoms with Crippen LogP contribution in [0, 0.1) is 13.8 Å². The minimum absolute atomic E-state index is 0.0175. The van der Waals surface area contributed by atoms with E-state index in [4.69, 9.17) is 14.6 Å². The molecular formula is C23H27N3O3. The lowest BCUT2D eigenvalue weighted by Gasteiger charge is -2.12. The lowest BCUT2D eigenvalue weighted by atomic mass is 10.1. The highest BCUT2D eigenvalue weighted by atomic mass is 16.5. The van der Waals surface area contributed by atoms with Gasteiger partial charge in [0.15, 0.2) is 0 Å². The molecule has 0 aliphatic rings. The molecular weight excluding hydrogens is 366 g/mol. The normalized spacial score (nSPS) is 10.9. The van der Waals surface area contributed by atoms with Crippen molar-refractivity contribution in [3.8, 4) is 28.4 Å². The highest BCUT2D eigenvalue weighted by molar-refractivity contribution is 5.94. The van der Waals surface area contributed by atoms with Gasteiger partial charge in [-0.1, -0.05) is 17.7 Å². The van der Waals surface area contributed by atoms with E-state index in [0.717, 1.165) is 22.4 Å². The second-order valence-electron chi connectivity index (χ2n) is 7.31. The number of carbonyl (C=O) groups is 1. The van der Waals surface area contributed by atoms with Gasteiger partial charge in [0.1, 0.15) is 17.2 Å². The molecule has 152 valence electrons. The van der Waals surface area contributed by atoms with Crippen molar-refractivity contribution in [2.75, 3.05) is 14.2 Å². The summed E-state index contributed by atoms with van der Waals surface area (Å²) in [5.41, 5.74) is 4.97. The Balaban J connectivity index is 2.18. The summed E-state index contributed by atoms with van der Waals surface area (Å²) >= 11 is 0. The number of rotatable bonds is 6. The quantitative estimate of drug-likeness (QED) is 0.678. The van der Waals surface area contributed by atoms with E-state index in [-0.39, 0.29) is 11.9 Å². The van der Waals surface area contributed by atoms with Gasteiger partial charge in [0, 0.05) is 17.7 Å². The Labute approximate surface area is 171 Å². The Bertz CT molecular complexity index is 1040. The Morgan fingerprint density at radius 3 is 2.41 bits per heavy atom. The second-order valence-corrected chi connectivity index (χ2v) is 7.31. The van der Waals surface area contributed by atoms with Crippen molar-refractivity contribution >= 4 is 5.91 Å². The van der Waals surface area contributed by atoms with Crippen LogP contribution in [0.15, 0.2) is 42.5 Å². The Hall–Kier alpha value is -3.28. The van der Waals surface area contributed by atoms with E-state index in [0.29, 0.717) is 22.9 Å². The molecule has 0 aliphatic heterocycles. The van der Waals surface area contributed by atoms with Gasteiger partial charge < -0.3 is 14.8 Å². The van der Waals surface area contributed by atoms with Crippen LogP contribution in [0.4, 0.5) is 0 Å². The Morgan fingerprint density at radius 2 is 1.79 bits per heavy atom. The predicted molar refractivity (Wildman–Crippen MR) is 114 cm³/mol. The SMILES string of the molecule is COc1ccc(-c2cc(C(=O)NC(C)C)n(-c3ccc(C)cc3C)n2)c(OC)c1. The first kappa shape index (κ1) is 20.5. The molecule has 0 unspecified atom stereocenters. The summed E-state index contributed by atoms with van der Waals surface area (Å²) in [6.07, 6.45) is 0. The van der Waals surface area contributed by atoms with Crippen molar-refractivity contribution in [3.05, 3.63) is 59.3 Å². The van der Waals surface area contributed by atoms with Gasteiger partial charge in [-0.15, -0.1) is 0 Å². The summed E-state index contributed by atoms with van der Waals surface area (Å²) in [5.74, 6) is 1.15. The maximum absolute atomic E-state index is 12.9. The van der Waals surface area contributed by atoms with E-state index >= 15 is 0 Å². The van der Waals surface area contributed by atoms with E-state index in [1.54, 1.807) is 31.0 Å². The minimum atomic E-state index is -0.175. The van der Waals surface area contributed by atoms with Crippen molar-refractivity contribution in [3.63, 3.8) is 0 Å². The monoisotopic (exact) mass is 393 g/mol. The molecule has 1 aromatic heterocycles. The summed E-state index contributed by atoms with van der Waals surface area (Å²) in [6, 6.07) is 13.4. The number of hydrogen-bond acceptors (Lipinski definition) is 4. The number of nitrogens with zero attached hydrogens (tertiary/aromatic N) is 2. The number of nitrogens with one attached hydrogen (secondary N) is 1. The standard InChI is InChI=1S/C23H27N3O3/c1-14(2)24-23(27)21-13-19(18-9-8-17(28-5)12-22(18)29-6)25-26(21)20-10-7-15(3)11-16(20)4/h7-14H,1-6H3,(H,24,27). The van der Waals surface area contributed by atoms with Crippen LogP contribution in [-0.4, -0.2) is 35.9 Å². The van der Waals surface area contributed by atoms with Gasteiger partial charge in [0.25, 0.3) is 5.91 Å². The summed E-state index contributed by atoms with van der Waals surface area (Å²) in [7, 11) is 3.21. The van der Waals surface area contributed by atoms with Crippen molar-refractivity contribution in [1.29, 1.82) is 0 Å². The van der Waals surface area contributed by atoms with Crippen LogP contribution in [-0.2, 0) is 0 Å². The molecule has 3 rings (SSSR count). The van der Waals surface area contributed by atoms with Gasteiger partial charge in [-0.2, -0.15) is 5.10 Å². The zero-order chi connectivity index (χ0) is 21.1. The first-order chi connectivity index (χ1) is 13.8. The van der Waals surface area contributed by atoms with Crippen molar-refractivity contribution in [1.82, 2.24) is 15.1 Å². The summed E-state index contributed by atoms with van der Waals surface area (Å²) in [6.45, 7) is 7.92. The number of carbonyl (C=O) groups excluding carboxylic acids is 1. The molecule has 1 heterocycles. The minimum Gasteiger partial charge on any atom is -0.497 e. The molecule has 0 saturated heterocycles. The average Bonchev–Trinajstić information content (AvgIpc) is 3.12. The van der Waals surface area contributed by atoms with Crippen molar-refractivity contribution in [2.24, 2.45) is 0 Å². The van der Waals surface area contributed by atoms with Gasteiger partial charge in [-0.25, -0.2) is 4.68 Å². The van der Waals surface area contributed by atoms with Crippen LogP contribution < -0.4 is 14.8 Å². The molecule has 6 nitrogen and oxygen atoms in total. The molecule has 0 spiro atoms. The van der Waals surface area contributed by atoms with Crippen LogP contribution in [0.25, 0.3) is 16.9 Å². The third-order valence-electron chi connectivity index (χ3n) is 4.63. The van der Waals surface area contributed by atoms with Gasteiger partial charge in [0.05, 0.1) is 25.6 Å². The summed E-state index contributed by atoms with van der Waals surface area (Å²) in [4.78, 5) is 12.9. The average molecular weight is 393 g/mol. The van der Waals surface area contributed by atoms with Crippen molar-refractivity contribution < 1.29 is 14.3 Å². The molecule has 0 radical (unpaired) electrons. The molecule has 0 atom stereocenters. The lowest BCUT2D eigenvalue weighted by molar-refractivity contribution is 0.0935. The highest BCUT2D eigenvalue weighted by Gasteiger charge is 2.21. The lowest BCUT2D eigenvalue weighted by Crippen LogP contribution is -2.31. The molecule has 0 aliphatic carbocycles. The number of aromatic nitrogens is 2. The fourth-order valence-electron chi connectivity index (χ4n) is 3.25. The maximum Gasteiger partial charge on any atom is 0.270 e. The summed E-state index contributed by atoms with van der Waals surface area (Å²) in [5, 5.41) is 7.73. The molecule has 6 heteroatoms. The van der Waals surface area contributed by atoms with E-state index in [1.807, 2.05) is 52.0 Å². The fourth-order valence-corrected chi connectivity index (χ4v) is 3.25. The van der Waals surface area contributed by atoms with Crippen LogP contribution in [0.3, 0.4) is 0 Å². The number of methoxy groups -OCH3 is 2. The zero-order valence-electron chi connectivity index (χ0n) is 17.7. The van der Waals surface area contributed by atoms with Gasteiger partial charge in [-0.05, 0) is 57.5 Å². The molecule has 0 bridgehead atoms. The molecule has 3 aromatic rings. The number of amides is 1. The van der Waals surface area contributed by atoms with Gasteiger partial charge in [-0.3, -0.25) is 4.79 Å². The van der Waals surface area contributed by atoms with Crippen LogP contribution >= 0.6 is 0 Å². The largest absolute Gasteiger partial charge is 0.497 e. The second kappa shape index (κ2) is 8.39. The van der Waals surface area contributed by atoms with Gasteiger partial charge >= 0.3 is 0 Å². The van der Waals surface area contributed by atoms with Crippen molar-refractivity contribution in [2.45, 2.75) is 33.7 Å². The Morgan fingerprint density at radius 1 is 1.03 bits per heavy atom. The van der Waals surface area contributed by atoms with E-state index in [9.17, 15) is 4.79 Å². The van der Waals surface area contributed by atoms with Crippen LogP contribution in [0.5, 0.6) is 11.5 Å². The van der Waals surface area contributed by atoms with E-state index < -0.39 is 0 Å². The van der Waals surface area contributed by atoms with Crippen LogP contribution in [0.2, 0.25) is 0 Å². The first-order valence-electron chi connectivity index (χ1n) is 9.55. The molecule has 0 saturated carbocycles. The number of hydrogen-bond donors (Lipinski definition) is 1. The Kier molecular flexibility index (Phi) is 5.92. The fraction of sp³-hybridized carbons (Fsp3) is 0.304. The van der Waals surface area contributed by atoms with E-state index in [2.05, 4.69) is 11.4 Å². The molecule has 1 N–H and O–H groups in total. The molecule has 0 fully saturated rings. The third kappa shape index (κ3) is 4.26. The topological polar surface area (TPSA) is 65.4 Å². The third-order valence-corrected chi connectivity index (χ3v) is 4.63. The van der Waals surface area contributed by atoms with Gasteiger partial charge in [0.2, 0.25) is 0 Å². The zero-order valence-corrected chi connectivity index (χ0v) is 17.7. The predicted octanol–water partition coefficient (Wildman–Crippen LogP) is 4.31. The first-order valence-corrected chi connectivity index (χ1v) is 9.55. The number of benzene rings is 2. The van der Waals surface area contributed by atoms with Crippen LogP contribution in [0.1, 0.15) is 35.5 Å². The number of aryl methyl sites for hydroxylation is 2. The molecule has 1 amide bonds. The molecule has 2 aromatic carbocycles.